The highest BCUT2D eigenvalue weighted by Gasteiger charge is 2.43. The van der Waals surface area contributed by atoms with Crippen LogP contribution in [0.2, 0.25) is 5.02 Å². The molecule has 3 amide bonds. The Bertz CT molecular complexity index is 742. The van der Waals surface area contributed by atoms with Crippen molar-refractivity contribution in [1.29, 1.82) is 0 Å². The summed E-state index contributed by atoms with van der Waals surface area (Å²) in [4.78, 5) is 39.0. The number of rotatable bonds is 2. The highest BCUT2D eigenvalue weighted by atomic mass is 35.5. The molecular weight excluding hydrogens is 342 g/mol. The number of amides is 3. The zero-order chi connectivity index (χ0) is 18.4. The minimum atomic E-state index is -0.585. The molecule has 0 spiro atoms. The summed E-state index contributed by atoms with van der Waals surface area (Å²) in [5, 5.41) is 6.19. The first kappa shape index (κ1) is 17.7. The predicted octanol–water partition coefficient (Wildman–Crippen LogP) is 2.43. The van der Waals surface area contributed by atoms with Crippen LogP contribution in [0.25, 0.3) is 0 Å². The molecule has 2 atom stereocenters. The van der Waals surface area contributed by atoms with E-state index in [2.05, 4.69) is 10.6 Å². The second-order valence-corrected chi connectivity index (χ2v) is 8.33. The van der Waals surface area contributed by atoms with Gasteiger partial charge in [-0.15, -0.1) is 0 Å². The number of hydrogen-bond acceptors (Lipinski definition) is 3. The van der Waals surface area contributed by atoms with Gasteiger partial charge in [0.15, 0.2) is 0 Å². The van der Waals surface area contributed by atoms with Gasteiger partial charge < -0.3 is 15.5 Å². The van der Waals surface area contributed by atoms with Gasteiger partial charge in [-0.1, -0.05) is 32.4 Å². The highest BCUT2D eigenvalue weighted by Crippen LogP contribution is 2.31. The van der Waals surface area contributed by atoms with Gasteiger partial charge in [0.05, 0.1) is 11.3 Å². The van der Waals surface area contributed by atoms with E-state index in [-0.39, 0.29) is 29.2 Å². The lowest BCUT2D eigenvalue weighted by Crippen LogP contribution is -2.41. The fourth-order valence-corrected chi connectivity index (χ4v) is 3.52. The molecule has 6 nitrogen and oxygen atoms in total. The van der Waals surface area contributed by atoms with Gasteiger partial charge in [-0.05, 0) is 30.0 Å². The summed E-state index contributed by atoms with van der Waals surface area (Å²) in [6.07, 6.45) is 0.810. The molecule has 0 aliphatic carbocycles. The van der Waals surface area contributed by atoms with E-state index in [1.54, 1.807) is 18.2 Å². The number of nitrogens with zero attached hydrogens (tertiary/aromatic N) is 1. The second-order valence-electron chi connectivity index (χ2n) is 7.89. The first-order valence-electron chi connectivity index (χ1n) is 8.35. The number of hydrogen-bond donors (Lipinski definition) is 2. The van der Waals surface area contributed by atoms with E-state index in [0.29, 0.717) is 35.7 Å². The van der Waals surface area contributed by atoms with Crippen molar-refractivity contribution < 1.29 is 14.4 Å². The van der Waals surface area contributed by atoms with Gasteiger partial charge in [-0.3, -0.25) is 14.4 Å². The standard InChI is InChI=1S/C18H22ClN3O3/c1-18(2,3)8-15(23)20-11-7-14-16(24)21-13-6-10(19)4-5-12(13)17(25)22(14)9-11/h4-6,11,14H,7-9H2,1-3H3,(H,20,23)(H,21,24)/t11-,14-/m1/s1. The third kappa shape index (κ3) is 3.79. The van der Waals surface area contributed by atoms with Gasteiger partial charge in [0, 0.05) is 24.0 Å². The summed E-state index contributed by atoms with van der Waals surface area (Å²) in [7, 11) is 0. The fourth-order valence-electron chi connectivity index (χ4n) is 3.35. The van der Waals surface area contributed by atoms with Crippen LogP contribution >= 0.6 is 11.6 Å². The van der Waals surface area contributed by atoms with E-state index in [1.165, 1.54) is 4.90 Å². The molecule has 0 unspecified atom stereocenters. The molecule has 2 aliphatic rings. The maximum atomic E-state index is 12.8. The molecule has 0 saturated carbocycles. The van der Waals surface area contributed by atoms with Crippen LogP contribution in [0, 0.1) is 5.41 Å². The molecule has 1 saturated heterocycles. The molecule has 2 N–H and O–H groups in total. The maximum Gasteiger partial charge on any atom is 0.256 e. The van der Waals surface area contributed by atoms with Gasteiger partial charge >= 0.3 is 0 Å². The van der Waals surface area contributed by atoms with Gasteiger partial charge in [0.2, 0.25) is 11.8 Å². The van der Waals surface area contributed by atoms with Gasteiger partial charge in [0.25, 0.3) is 5.91 Å². The molecule has 1 aromatic carbocycles. The van der Waals surface area contributed by atoms with Crippen molar-refractivity contribution in [2.24, 2.45) is 5.41 Å². The van der Waals surface area contributed by atoms with Crippen LogP contribution in [0.4, 0.5) is 5.69 Å². The first-order valence-corrected chi connectivity index (χ1v) is 8.72. The summed E-state index contributed by atoms with van der Waals surface area (Å²) in [5.74, 6) is -0.528. The van der Waals surface area contributed by atoms with Gasteiger partial charge in [0.1, 0.15) is 6.04 Å². The highest BCUT2D eigenvalue weighted by molar-refractivity contribution is 6.31. The SMILES string of the molecule is CC(C)(C)CC(=O)N[C@@H]1C[C@@H]2C(=O)Nc3cc(Cl)ccc3C(=O)N2C1. The largest absolute Gasteiger partial charge is 0.351 e. The average Bonchev–Trinajstić information content (AvgIpc) is 2.85. The average molecular weight is 364 g/mol. The van der Waals surface area contributed by atoms with Crippen molar-refractivity contribution in [3.8, 4) is 0 Å². The van der Waals surface area contributed by atoms with Crippen LogP contribution < -0.4 is 10.6 Å². The van der Waals surface area contributed by atoms with Crippen molar-refractivity contribution in [2.45, 2.75) is 45.7 Å². The third-order valence-corrected chi connectivity index (χ3v) is 4.63. The second kappa shape index (κ2) is 6.33. The quantitative estimate of drug-likeness (QED) is 0.847. The lowest BCUT2D eigenvalue weighted by molar-refractivity contribution is -0.123. The zero-order valence-electron chi connectivity index (χ0n) is 14.6. The van der Waals surface area contributed by atoms with Crippen LogP contribution in [-0.2, 0) is 9.59 Å². The summed E-state index contributed by atoms with van der Waals surface area (Å²) >= 11 is 5.96. The van der Waals surface area contributed by atoms with Crippen LogP contribution in [0.5, 0.6) is 0 Å². The molecule has 134 valence electrons. The Kier molecular flexibility index (Phi) is 4.49. The van der Waals surface area contributed by atoms with Gasteiger partial charge in [-0.25, -0.2) is 0 Å². The molecule has 0 radical (unpaired) electrons. The number of carbonyl (C=O) groups is 3. The van der Waals surface area contributed by atoms with E-state index >= 15 is 0 Å². The van der Waals surface area contributed by atoms with Crippen LogP contribution in [0.15, 0.2) is 18.2 Å². The third-order valence-electron chi connectivity index (χ3n) is 4.39. The summed E-state index contributed by atoms with van der Waals surface area (Å²) in [6, 6.07) is 4.02. The van der Waals surface area contributed by atoms with Crippen LogP contribution in [0.1, 0.15) is 44.0 Å². The number of nitrogens with one attached hydrogen (secondary N) is 2. The molecule has 7 heteroatoms. The van der Waals surface area contributed by atoms with Crippen molar-refractivity contribution in [3.63, 3.8) is 0 Å². The van der Waals surface area contributed by atoms with Crippen molar-refractivity contribution >= 4 is 35.0 Å². The normalized spacial score (nSPS) is 22.8. The molecular formula is C18H22ClN3O3. The zero-order valence-corrected chi connectivity index (χ0v) is 15.3. The molecule has 0 aromatic heterocycles. The lowest BCUT2D eigenvalue weighted by Gasteiger charge is -2.21. The summed E-state index contributed by atoms with van der Waals surface area (Å²) < 4.78 is 0. The Balaban J connectivity index is 1.77. The predicted molar refractivity (Wildman–Crippen MR) is 95.5 cm³/mol. The van der Waals surface area contributed by atoms with Crippen LogP contribution in [-0.4, -0.2) is 41.2 Å². The summed E-state index contributed by atoms with van der Waals surface area (Å²) in [6.45, 7) is 6.31. The smallest absolute Gasteiger partial charge is 0.256 e. The van der Waals surface area contributed by atoms with Crippen LogP contribution in [0.3, 0.4) is 0 Å². The number of fused-ring (bicyclic) bond motifs is 2. The molecule has 0 bridgehead atoms. The van der Waals surface area contributed by atoms with Crippen molar-refractivity contribution in [1.82, 2.24) is 10.2 Å². The molecule has 3 rings (SSSR count). The first-order chi connectivity index (χ1) is 11.6. The number of benzene rings is 1. The Morgan fingerprint density at radius 1 is 1.36 bits per heavy atom. The molecule has 1 fully saturated rings. The van der Waals surface area contributed by atoms with Gasteiger partial charge in [-0.2, -0.15) is 0 Å². The monoisotopic (exact) mass is 363 g/mol. The van der Waals surface area contributed by atoms with E-state index in [1.807, 2.05) is 20.8 Å². The summed E-state index contributed by atoms with van der Waals surface area (Å²) in [5.41, 5.74) is 0.741. The maximum absolute atomic E-state index is 12.8. The molecule has 25 heavy (non-hydrogen) atoms. The Hall–Kier alpha value is -2.08. The minimum absolute atomic E-state index is 0.0600. The number of halogens is 1. The topological polar surface area (TPSA) is 78.5 Å². The number of carbonyl (C=O) groups excluding carboxylic acids is 3. The Labute approximate surface area is 151 Å². The molecule has 2 aliphatic heterocycles. The molecule has 2 heterocycles. The Morgan fingerprint density at radius 2 is 2.08 bits per heavy atom. The minimum Gasteiger partial charge on any atom is -0.351 e. The molecule has 1 aromatic rings. The lowest BCUT2D eigenvalue weighted by atomic mass is 9.92. The fraction of sp³-hybridized carbons (Fsp3) is 0.500. The van der Waals surface area contributed by atoms with E-state index in [4.69, 9.17) is 11.6 Å². The van der Waals surface area contributed by atoms with E-state index < -0.39 is 6.04 Å². The van der Waals surface area contributed by atoms with Crippen molar-refractivity contribution in [3.05, 3.63) is 28.8 Å². The van der Waals surface area contributed by atoms with Crippen molar-refractivity contribution in [2.75, 3.05) is 11.9 Å². The Morgan fingerprint density at radius 3 is 2.76 bits per heavy atom. The number of anilines is 1. The van der Waals surface area contributed by atoms with E-state index in [9.17, 15) is 14.4 Å². The van der Waals surface area contributed by atoms with E-state index in [0.717, 1.165) is 0 Å².